The van der Waals surface area contributed by atoms with Gasteiger partial charge in [-0.2, -0.15) is 0 Å². The molecule has 1 fully saturated rings. The quantitative estimate of drug-likeness (QED) is 0.920. The summed E-state index contributed by atoms with van der Waals surface area (Å²) in [5.41, 5.74) is 6.53. The summed E-state index contributed by atoms with van der Waals surface area (Å²) >= 11 is 3.15. The first kappa shape index (κ1) is 14.7. The molecule has 104 valence electrons. The third-order valence-corrected chi connectivity index (χ3v) is 4.61. The lowest BCUT2D eigenvalue weighted by Gasteiger charge is -2.26. The Bertz CT molecular complexity index is 455. The second-order valence-electron chi connectivity index (χ2n) is 5.34. The van der Waals surface area contributed by atoms with Crippen molar-refractivity contribution in [2.24, 2.45) is 17.6 Å². The van der Waals surface area contributed by atoms with Gasteiger partial charge in [0.1, 0.15) is 11.6 Å². The van der Waals surface area contributed by atoms with Crippen LogP contribution in [-0.2, 0) is 11.2 Å². The van der Waals surface area contributed by atoms with Gasteiger partial charge in [0.05, 0.1) is 4.47 Å². The predicted octanol–water partition coefficient (Wildman–Crippen LogP) is 3.46. The second-order valence-corrected chi connectivity index (χ2v) is 6.20. The minimum Gasteiger partial charge on any atom is -0.330 e. The monoisotopic (exact) mass is 327 g/mol. The van der Waals surface area contributed by atoms with Crippen molar-refractivity contribution in [3.8, 4) is 0 Å². The lowest BCUT2D eigenvalue weighted by molar-refractivity contribution is -0.123. The fourth-order valence-corrected chi connectivity index (χ4v) is 3.14. The zero-order chi connectivity index (χ0) is 13.8. The van der Waals surface area contributed by atoms with Crippen molar-refractivity contribution in [2.45, 2.75) is 32.1 Å². The molecule has 0 bridgehead atoms. The van der Waals surface area contributed by atoms with Crippen molar-refractivity contribution >= 4 is 21.7 Å². The Morgan fingerprint density at radius 3 is 2.58 bits per heavy atom. The van der Waals surface area contributed by atoms with Gasteiger partial charge in [0.2, 0.25) is 0 Å². The number of carbonyl (C=O) groups excluding carboxylic acids is 1. The summed E-state index contributed by atoms with van der Waals surface area (Å²) in [6, 6.07) is 4.78. The maximum Gasteiger partial charge on any atom is 0.140 e. The van der Waals surface area contributed by atoms with Crippen LogP contribution in [0.3, 0.4) is 0 Å². The van der Waals surface area contributed by atoms with Gasteiger partial charge in [0.25, 0.3) is 0 Å². The van der Waals surface area contributed by atoms with Crippen molar-refractivity contribution in [3.05, 3.63) is 34.1 Å². The van der Waals surface area contributed by atoms with E-state index in [1.807, 2.05) is 0 Å². The van der Waals surface area contributed by atoms with E-state index >= 15 is 0 Å². The minimum atomic E-state index is -0.292. The number of benzene rings is 1. The van der Waals surface area contributed by atoms with E-state index in [4.69, 9.17) is 5.73 Å². The Balaban J connectivity index is 1.92. The molecule has 0 spiro atoms. The first-order valence-corrected chi connectivity index (χ1v) is 7.56. The van der Waals surface area contributed by atoms with Crippen LogP contribution < -0.4 is 5.73 Å². The molecule has 1 aromatic rings. The number of Topliss-reactive ketones (excluding diaryl/α,β-unsaturated/α-hetero) is 1. The van der Waals surface area contributed by atoms with Gasteiger partial charge in [-0.05, 0) is 71.8 Å². The molecule has 0 aromatic heterocycles. The molecule has 0 saturated heterocycles. The summed E-state index contributed by atoms with van der Waals surface area (Å²) in [7, 11) is 0. The van der Waals surface area contributed by atoms with Gasteiger partial charge in [-0.15, -0.1) is 0 Å². The molecule has 0 unspecified atom stereocenters. The van der Waals surface area contributed by atoms with Gasteiger partial charge in [-0.1, -0.05) is 6.07 Å². The molecular formula is C15H19BrFNO. The Morgan fingerprint density at radius 2 is 2.00 bits per heavy atom. The van der Waals surface area contributed by atoms with Gasteiger partial charge in [0.15, 0.2) is 0 Å². The van der Waals surface area contributed by atoms with Crippen LogP contribution in [0, 0.1) is 17.7 Å². The average molecular weight is 328 g/mol. The molecular weight excluding hydrogens is 309 g/mol. The molecule has 0 atom stereocenters. The van der Waals surface area contributed by atoms with Crippen molar-refractivity contribution in [1.29, 1.82) is 0 Å². The summed E-state index contributed by atoms with van der Waals surface area (Å²) < 4.78 is 13.6. The van der Waals surface area contributed by atoms with E-state index in [-0.39, 0.29) is 17.5 Å². The number of ketones is 1. The first-order chi connectivity index (χ1) is 9.10. The van der Waals surface area contributed by atoms with Crippen molar-refractivity contribution in [3.63, 3.8) is 0 Å². The normalized spacial score (nSPS) is 23.3. The molecule has 1 saturated carbocycles. The van der Waals surface area contributed by atoms with Crippen LogP contribution in [0.5, 0.6) is 0 Å². The van der Waals surface area contributed by atoms with Crippen LogP contribution in [0.4, 0.5) is 4.39 Å². The molecule has 1 aliphatic carbocycles. The minimum absolute atomic E-state index is 0.159. The Kier molecular flexibility index (Phi) is 5.11. The molecule has 1 aliphatic rings. The summed E-state index contributed by atoms with van der Waals surface area (Å²) in [6.45, 7) is 0.728. The maximum absolute atomic E-state index is 13.1. The smallest absolute Gasteiger partial charge is 0.140 e. The zero-order valence-electron chi connectivity index (χ0n) is 10.9. The largest absolute Gasteiger partial charge is 0.330 e. The number of nitrogens with two attached hydrogens (primary N) is 1. The predicted molar refractivity (Wildman–Crippen MR) is 77.3 cm³/mol. The molecule has 0 amide bonds. The number of rotatable bonds is 4. The molecule has 0 aliphatic heterocycles. The number of hydrogen-bond donors (Lipinski definition) is 1. The first-order valence-electron chi connectivity index (χ1n) is 6.77. The van der Waals surface area contributed by atoms with Crippen LogP contribution in [0.15, 0.2) is 22.7 Å². The highest BCUT2D eigenvalue weighted by Gasteiger charge is 2.25. The third-order valence-electron chi connectivity index (χ3n) is 4.00. The molecule has 1 aromatic carbocycles. The zero-order valence-corrected chi connectivity index (χ0v) is 12.5. The van der Waals surface area contributed by atoms with Gasteiger partial charge in [0, 0.05) is 12.3 Å². The van der Waals surface area contributed by atoms with E-state index in [1.165, 1.54) is 6.07 Å². The van der Waals surface area contributed by atoms with Crippen LogP contribution in [0.2, 0.25) is 0 Å². The highest BCUT2D eigenvalue weighted by atomic mass is 79.9. The highest BCUT2D eigenvalue weighted by molar-refractivity contribution is 9.10. The lowest BCUT2D eigenvalue weighted by atomic mass is 9.79. The fraction of sp³-hybridized carbons (Fsp3) is 0.533. The Morgan fingerprint density at radius 1 is 1.32 bits per heavy atom. The van der Waals surface area contributed by atoms with Gasteiger partial charge < -0.3 is 5.73 Å². The van der Waals surface area contributed by atoms with E-state index in [0.29, 0.717) is 16.8 Å². The average Bonchev–Trinajstić information content (AvgIpc) is 2.43. The summed E-state index contributed by atoms with van der Waals surface area (Å²) in [6.07, 6.45) is 4.41. The SMILES string of the molecule is NCC1CCC(C(=O)Cc2ccc(F)c(Br)c2)CC1. The number of carbonyl (C=O) groups is 1. The molecule has 0 heterocycles. The van der Waals surface area contributed by atoms with Crippen molar-refractivity contribution in [1.82, 2.24) is 0 Å². The van der Waals surface area contributed by atoms with Crippen LogP contribution in [0.25, 0.3) is 0 Å². The van der Waals surface area contributed by atoms with E-state index < -0.39 is 0 Å². The highest BCUT2D eigenvalue weighted by Crippen LogP contribution is 2.29. The molecule has 4 heteroatoms. The van der Waals surface area contributed by atoms with Gasteiger partial charge in [-0.3, -0.25) is 4.79 Å². The molecule has 2 rings (SSSR count). The van der Waals surface area contributed by atoms with Gasteiger partial charge >= 0.3 is 0 Å². The van der Waals surface area contributed by atoms with Crippen LogP contribution >= 0.6 is 15.9 Å². The number of hydrogen-bond acceptors (Lipinski definition) is 2. The van der Waals surface area contributed by atoms with E-state index in [0.717, 1.165) is 37.8 Å². The topological polar surface area (TPSA) is 43.1 Å². The maximum atomic E-state index is 13.1. The standard InChI is InChI=1S/C15H19BrFNO/c16-13-7-11(3-6-14(13)17)8-15(19)12-4-1-10(9-18)2-5-12/h3,6-7,10,12H,1-2,4-5,8-9,18H2. The Labute approximate surface area is 121 Å². The fourth-order valence-electron chi connectivity index (χ4n) is 2.72. The molecule has 0 radical (unpaired) electrons. The summed E-state index contributed by atoms with van der Waals surface area (Å²) in [4.78, 5) is 12.2. The summed E-state index contributed by atoms with van der Waals surface area (Å²) in [5, 5.41) is 0. The van der Waals surface area contributed by atoms with E-state index in [1.54, 1.807) is 12.1 Å². The van der Waals surface area contributed by atoms with Crippen LogP contribution in [-0.4, -0.2) is 12.3 Å². The van der Waals surface area contributed by atoms with E-state index in [9.17, 15) is 9.18 Å². The lowest BCUT2D eigenvalue weighted by Crippen LogP contribution is -2.26. The third kappa shape index (κ3) is 3.86. The number of halogens is 2. The van der Waals surface area contributed by atoms with E-state index in [2.05, 4.69) is 15.9 Å². The van der Waals surface area contributed by atoms with Crippen LogP contribution in [0.1, 0.15) is 31.2 Å². The second kappa shape index (κ2) is 6.62. The molecule has 2 N–H and O–H groups in total. The van der Waals surface area contributed by atoms with Crippen molar-refractivity contribution in [2.75, 3.05) is 6.54 Å². The Hall–Kier alpha value is -0.740. The summed E-state index contributed by atoms with van der Waals surface area (Å²) in [5.74, 6) is 0.726. The van der Waals surface area contributed by atoms with Crippen molar-refractivity contribution < 1.29 is 9.18 Å². The molecule has 19 heavy (non-hydrogen) atoms. The van der Waals surface area contributed by atoms with Gasteiger partial charge in [-0.25, -0.2) is 4.39 Å². The molecule has 2 nitrogen and oxygen atoms in total.